The third kappa shape index (κ3) is 2.89. The molecule has 1 aliphatic rings. The first kappa shape index (κ1) is 19.3. The summed E-state index contributed by atoms with van der Waals surface area (Å²) >= 11 is 0. The Balaban J connectivity index is 1.81. The number of amides is 1. The molecule has 3 heterocycles. The molecule has 1 aliphatic carbocycles. The van der Waals surface area contributed by atoms with Gasteiger partial charge in [-0.05, 0) is 19.3 Å². The van der Waals surface area contributed by atoms with Gasteiger partial charge < -0.3 is 29.8 Å². The van der Waals surface area contributed by atoms with Gasteiger partial charge in [-0.2, -0.15) is 0 Å². The van der Waals surface area contributed by atoms with Crippen LogP contribution in [0.25, 0.3) is 11.2 Å². The first-order valence-corrected chi connectivity index (χ1v) is 9.07. The first-order chi connectivity index (χ1) is 14.4. The van der Waals surface area contributed by atoms with E-state index in [0.717, 1.165) is 0 Å². The van der Waals surface area contributed by atoms with E-state index in [9.17, 15) is 15.0 Å². The van der Waals surface area contributed by atoms with Gasteiger partial charge in [-0.3, -0.25) is 4.79 Å². The van der Waals surface area contributed by atoms with Gasteiger partial charge in [-0.1, -0.05) is 0 Å². The Hall–Kier alpha value is -4.07. The van der Waals surface area contributed by atoms with Gasteiger partial charge in [-0.15, -0.1) is 0 Å². The van der Waals surface area contributed by atoms with Crippen molar-refractivity contribution in [3.63, 3.8) is 0 Å². The summed E-state index contributed by atoms with van der Waals surface area (Å²) in [5.41, 5.74) is -0.427. The van der Waals surface area contributed by atoms with E-state index in [-0.39, 0.29) is 29.7 Å². The highest BCUT2D eigenvalue weighted by Gasteiger charge is 2.49. The molecule has 3 aromatic rings. The number of rotatable bonds is 3. The number of carbonyl (C=O) groups excluding carboxylic acids is 1. The maximum atomic E-state index is 12.3. The van der Waals surface area contributed by atoms with Crippen molar-refractivity contribution in [3.05, 3.63) is 42.0 Å². The largest absolute Gasteiger partial charge is 0.508 e. The number of nitrogens with one attached hydrogen (secondary N) is 2. The lowest BCUT2D eigenvalue weighted by molar-refractivity contribution is -0.129. The summed E-state index contributed by atoms with van der Waals surface area (Å²) in [6.45, 7) is 1.57. The molecular weight excluding hydrogens is 390 g/mol. The van der Waals surface area contributed by atoms with Crippen LogP contribution < -0.4 is 10.6 Å². The summed E-state index contributed by atoms with van der Waals surface area (Å²) < 4.78 is 6.68. The van der Waals surface area contributed by atoms with Crippen LogP contribution in [-0.2, 0) is 4.79 Å². The number of carbonyl (C=O) groups is 1. The van der Waals surface area contributed by atoms with Crippen LogP contribution in [0, 0.1) is 17.3 Å². The number of anilines is 1. The fraction of sp³-hybridized carbons (Fsp3) is 0.316. The Morgan fingerprint density at radius 1 is 1.30 bits per heavy atom. The highest BCUT2D eigenvalue weighted by molar-refractivity contribution is 5.86. The molecule has 0 aromatic carbocycles. The molecule has 0 saturated heterocycles. The number of oxazole rings is 1. The normalized spacial score (nSPS) is 20.8. The maximum absolute atomic E-state index is 12.3. The molecule has 30 heavy (non-hydrogen) atoms. The molecule has 11 nitrogen and oxygen atoms in total. The van der Waals surface area contributed by atoms with E-state index < -0.39 is 17.4 Å². The van der Waals surface area contributed by atoms with Gasteiger partial charge in [0.2, 0.25) is 11.7 Å². The molecule has 0 fully saturated rings. The van der Waals surface area contributed by atoms with Crippen LogP contribution in [0.4, 0.5) is 5.82 Å². The Morgan fingerprint density at radius 3 is 2.77 bits per heavy atom. The second kappa shape index (κ2) is 7.07. The van der Waals surface area contributed by atoms with E-state index in [1.165, 1.54) is 25.8 Å². The van der Waals surface area contributed by atoms with Gasteiger partial charge in [0.1, 0.15) is 17.4 Å². The molecule has 0 aliphatic heterocycles. The van der Waals surface area contributed by atoms with Crippen LogP contribution in [0.1, 0.15) is 31.1 Å². The van der Waals surface area contributed by atoms with Crippen molar-refractivity contribution in [3.8, 4) is 11.8 Å². The van der Waals surface area contributed by atoms with Gasteiger partial charge >= 0.3 is 0 Å². The third-order valence-corrected chi connectivity index (χ3v) is 5.12. The average molecular weight is 409 g/mol. The first-order valence-electron chi connectivity index (χ1n) is 9.07. The fourth-order valence-electron chi connectivity index (χ4n) is 3.50. The predicted molar refractivity (Wildman–Crippen MR) is 105 cm³/mol. The summed E-state index contributed by atoms with van der Waals surface area (Å²) in [5, 5.41) is 26.5. The predicted octanol–water partition coefficient (Wildman–Crippen LogP) is 1.28. The molecule has 0 radical (unpaired) electrons. The van der Waals surface area contributed by atoms with Crippen molar-refractivity contribution in [2.45, 2.75) is 19.4 Å². The maximum Gasteiger partial charge on any atom is 0.273 e. The summed E-state index contributed by atoms with van der Waals surface area (Å²) in [5.74, 6) is 5.28. The van der Waals surface area contributed by atoms with Crippen molar-refractivity contribution in [2.75, 3.05) is 19.4 Å². The molecular formula is C19H19N7O4. The number of nitrogens with zero attached hydrogens (tertiary/aromatic N) is 5. The topological polar surface area (TPSA) is 151 Å². The molecule has 0 bridgehead atoms. The molecule has 0 saturated carbocycles. The Kier molecular flexibility index (Phi) is 4.54. The molecule has 11 heteroatoms. The zero-order valence-corrected chi connectivity index (χ0v) is 16.5. The van der Waals surface area contributed by atoms with Crippen LogP contribution >= 0.6 is 0 Å². The highest BCUT2D eigenvalue weighted by Crippen LogP contribution is 2.47. The van der Waals surface area contributed by atoms with Crippen LogP contribution in [0.3, 0.4) is 0 Å². The molecule has 154 valence electrons. The van der Waals surface area contributed by atoms with Gasteiger partial charge in [0.15, 0.2) is 22.7 Å². The minimum atomic E-state index is -1.27. The number of allylic oxidation sites excluding steroid dienone is 1. The quantitative estimate of drug-likeness (QED) is 0.469. The summed E-state index contributed by atoms with van der Waals surface area (Å²) in [7, 11) is 3.16. The number of imidazole rings is 1. The number of hydrogen-bond donors (Lipinski definition) is 4. The van der Waals surface area contributed by atoms with Crippen molar-refractivity contribution >= 4 is 22.9 Å². The third-order valence-electron chi connectivity index (χ3n) is 5.12. The standard InChI is InChI=1S/C19H19N7O4/c1-19(18(29)21-3)8-10(14(27)15(19)28)26-9-23-13-16(20-2)24-11(25-17(13)26)4-5-12-22-6-7-30-12/h6-7,9-10,27-28H,8H2,1-3H3,(H,21,29)(H,20,24,25)/t10-,19?/m1/s1. The Bertz CT molecular complexity index is 1220. The van der Waals surface area contributed by atoms with Crippen LogP contribution in [-0.4, -0.2) is 54.7 Å². The smallest absolute Gasteiger partial charge is 0.273 e. The minimum Gasteiger partial charge on any atom is -0.508 e. The molecule has 1 amide bonds. The molecule has 4 rings (SSSR count). The number of aliphatic hydroxyl groups is 2. The van der Waals surface area contributed by atoms with Gasteiger partial charge in [0.05, 0.1) is 18.6 Å². The molecule has 4 N–H and O–H groups in total. The second-order valence-electron chi connectivity index (χ2n) is 6.92. The lowest BCUT2D eigenvalue weighted by atomic mass is 9.86. The van der Waals surface area contributed by atoms with Gasteiger partial charge in [0.25, 0.3) is 5.89 Å². The van der Waals surface area contributed by atoms with Crippen LogP contribution in [0.15, 0.2) is 34.7 Å². The number of hydrogen-bond acceptors (Lipinski definition) is 9. The number of aliphatic hydroxyl groups excluding tert-OH is 2. The summed E-state index contributed by atoms with van der Waals surface area (Å²) in [6, 6.07) is -0.732. The molecule has 3 aromatic heterocycles. The molecule has 2 atom stereocenters. The van der Waals surface area contributed by atoms with Crippen molar-refractivity contribution in [1.29, 1.82) is 0 Å². The van der Waals surface area contributed by atoms with E-state index in [1.807, 2.05) is 0 Å². The van der Waals surface area contributed by atoms with Gasteiger partial charge in [-0.25, -0.2) is 19.9 Å². The second-order valence-corrected chi connectivity index (χ2v) is 6.92. The van der Waals surface area contributed by atoms with Crippen molar-refractivity contribution in [2.24, 2.45) is 5.41 Å². The van der Waals surface area contributed by atoms with Crippen molar-refractivity contribution in [1.82, 2.24) is 29.8 Å². The monoisotopic (exact) mass is 409 g/mol. The Morgan fingerprint density at radius 2 is 2.10 bits per heavy atom. The zero-order valence-electron chi connectivity index (χ0n) is 16.5. The van der Waals surface area contributed by atoms with Crippen LogP contribution in [0.5, 0.6) is 0 Å². The summed E-state index contributed by atoms with van der Waals surface area (Å²) in [4.78, 5) is 29.4. The van der Waals surface area contributed by atoms with E-state index in [0.29, 0.717) is 17.0 Å². The fourth-order valence-corrected chi connectivity index (χ4v) is 3.50. The van der Waals surface area contributed by atoms with E-state index in [1.54, 1.807) is 18.5 Å². The summed E-state index contributed by atoms with van der Waals surface area (Å²) in [6.07, 6.45) is 4.50. The van der Waals surface area contributed by atoms with E-state index >= 15 is 0 Å². The minimum absolute atomic E-state index is 0.131. The number of aromatic nitrogens is 5. The highest BCUT2D eigenvalue weighted by atomic mass is 16.3. The zero-order chi connectivity index (χ0) is 21.5. The lowest BCUT2D eigenvalue weighted by Crippen LogP contribution is -2.37. The average Bonchev–Trinajstić information content (AvgIpc) is 3.47. The molecule has 0 spiro atoms. The SMILES string of the molecule is CNC(=O)C1(C)C[C@@H](n2cnc3c(NC)nc(C#Cc4ncco4)nc32)C(O)=C1O. The van der Waals surface area contributed by atoms with E-state index in [4.69, 9.17) is 4.42 Å². The Labute approximate surface area is 170 Å². The lowest BCUT2D eigenvalue weighted by Gasteiger charge is -2.22. The number of fused-ring (bicyclic) bond motifs is 1. The van der Waals surface area contributed by atoms with E-state index in [2.05, 4.69) is 42.4 Å². The van der Waals surface area contributed by atoms with Crippen molar-refractivity contribution < 1.29 is 19.4 Å². The van der Waals surface area contributed by atoms with Gasteiger partial charge in [0, 0.05) is 20.0 Å². The van der Waals surface area contributed by atoms with Crippen LogP contribution in [0.2, 0.25) is 0 Å². The molecule has 1 unspecified atom stereocenters.